The van der Waals surface area contributed by atoms with Gasteiger partial charge in [-0.25, -0.2) is 4.79 Å². The Morgan fingerprint density at radius 1 is 1.17 bits per heavy atom. The summed E-state index contributed by atoms with van der Waals surface area (Å²) in [4.78, 5) is 25.3. The zero-order chi connectivity index (χ0) is 17.6. The van der Waals surface area contributed by atoms with Crippen LogP contribution in [0.5, 0.6) is 5.75 Å². The van der Waals surface area contributed by atoms with E-state index < -0.39 is 23.1 Å². The van der Waals surface area contributed by atoms with Gasteiger partial charge >= 0.3 is 11.9 Å². The van der Waals surface area contributed by atoms with Gasteiger partial charge in [0.25, 0.3) is 5.56 Å². The van der Waals surface area contributed by atoms with Gasteiger partial charge in [-0.1, -0.05) is 0 Å². The molecule has 3 rings (SSSR count). The fourth-order valence-corrected chi connectivity index (χ4v) is 2.33. The van der Waals surface area contributed by atoms with Gasteiger partial charge in [0.05, 0.1) is 18.8 Å². The summed E-state index contributed by atoms with van der Waals surface area (Å²) in [5, 5.41) is 4.51. The lowest BCUT2D eigenvalue weighted by Crippen LogP contribution is -2.45. The lowest BCUT2D eigenvalue weighted by atomic mass is 10.2. The van der Waals surface area contributed by atoms with Crippen molar-refractivity contribution in [3.63, 3.8) is 0 Å². The Hall–Kier alpha value is -3.04. The van der Waals surface area contributed by atoms with Crippen molar-refractivity contribution >= 4 is 10.9 Å². The van der Waals surface area contributed by atoms with Crippen molar-refractivity contribution in [1.82, 2.24) is 19.1 Å². The summed E-state index contributed by atoms with van der Waals surface area (Å²) in [6.07, 6.45) is -3.43. The van der Waals surface area contributed by atoms with E-state index in [1.165, 1.54) is 19.4 Å². The van der Waals surface area contributed by atoms with E-state index in [0.29, 0.717) is 32.0 Å². The molecule has 3 aromatic rings. The highest BCUT2D eigenvalue weighted by Crippen LogP contribution is 2.27. The lowest BCUT2D eigenvalue weighted by Gasteiger charge is -2.14. The summed E-state index contributed by atoms with van der Waals surface area (Å²) >= 11 is 0. The van der Waals surface area contributed by atoms with E-state index in [2.05, 4.69) is 5.10 Å². The molecule has 2 aromatic heterocycles. The van der Waals surface area contributed by atoms with Gasteiger partial charge in [-0.15, -0.1) is 4.68 Å². The summed E-state index contributed by atoms with van der Waals surface area (Å²) in [6.45, 7) is 0. The Morgan fingerprint density at radius 2 is 1.88 bits per heavy atom. The fourth-order valence-electron chi connectivity index (χ4n) is 2.33. The summed E-state index contributed by atoms with van der Waals surface area (Å²) in [7, 11) is 2.37. The second-order valence-corrected chi connectivity index (χ2v) is 4.98. The van der Waals surface area contributed by atoms with E-state index in [9.17, 15) is 22.8 Å². The first kappa shape index (κ1) is 15.8. The zero-order valence-electron chi connectivity index (χ0n) is 12.5. The maximum atomic E-state index is 12.9. The first-order valence-corrected chi connectivity index (χ1v) is 6.67. The van der Waals surface area contributed by atoms with Crippen LogP contribution in [0.2, 0.25) is 0 Å². The number of nitrogens with zero attached hydrogens (tertiary/aromatic N) is 4. The van der Waals surface area contributed by atoms with E-state index in [-0.39, 0.29) is 0 Å². The quantitative estimate of drug-likeness (QED) is 0.704. The van der Waals surface area contributed by atoms with Gasteiger partial charge in [0.1, 0.15) is 11.4 Å². The van der Waals surface area contributed by atoms with Crippen LogP contribution in [0.1, 0.15) is 5.69 Å². The van der Waals surface area contributed by atoms with Gasteiger partial charge in [0, 0.05) is 24.6 Å². The molecular weight excluding hydrogens is 329 g/mol. The van der Waals surface area contributed by atoms with Crippen LogP contribution < -0.4 is 16.0 Å². The third kappa shape index (κ3) is 2.36. The van der Waals surface area contributed by atoms with Crippen molar-refractivity contribution in [3.05, 3.63) is 57.0 Å². The molecule has 126 valence electrons. The number of aromatic nitrogens is 4. The van der Waals surface area contributed by atoms with Crippen LogP contribution in [-0.2, 0) is 13.2 Å². The Balaban J connectivity index is 2.34. The first-order valence-electron chi connectivity index (χ1n) is 6.67. The molecule has 0 bridgehead atoms. The maximum absolute atomic E-state index is 12.9. The van der Waals surface area contributed by atoms with Gasteiger partial charge in [-0.3, -0.25) is 9.36 Å². The molecule has 0 saturated carbocycles. The monoisotopic (exact) mass is 340 g/mol. The average molecular weight is 340 g/mol. The molecule has 2 heterocycles. The number of fused-ring (bicyclic) bond motifs is 1. The van der Waals surface area contributed by atoms with Crippen LogP contribution in [0.25, 0.3) is 10.9 Å². The Kier molecular flexibility index (Phi) is 3.47. The molecule has 7 nitrogen and oxygen atoms in total. The van der Waals surface area contributed by atoms with E-state index in [0.717, 1.165) is 11.8 Å². The SMILES string of the molecule is COc1ccc2cnn(-n3c(=O)cc(C(F)(F)F)n(C)c3=O)c2c1. The van der Waals surface area contributed by atoms with Crippen molar-refractivity contribution in [3.8, 4) is 5.75 Å². The molecule has 0 aliphatic heterocycles. The smallest absolute Gasteiger partial charge is 0.431 e. The predicted molar refractivity (Wildman–Crippen MR) is 78.0 cm³/mol. The van der Waals surface area contributed by atoms with E-state index in [4.69, 9.17) is 4.74 Å². The van der Waals surface area contributed by atoms with Gasteiger partial charge in [-0.2, -0.15) is 23.1 Å². The highest BCUT2D eigenvalue weighted by molar-refractivity contribution is 5.80. The molecule has 10 heteroatoms. The second-order valence-electron chi connectivity index (χ2n) is 4.98. The summed E-state index contributed by atoms with van der Waals surface area (Å²) in [5.41, 5.74) is -3.29. The van der Waals surface area contributed by atoms with Crippen LogP contribution in [0, 0.1) is 0 Å². The standard InChI is InChI=1S/C14H11F3N4O3/c1-19-11(14(15,16)17)6-12(22)20(13(19)23)21-10-5-9(24-2)4-3-8(10)7-18-21/h3-7H,1-2H3. The number of hydrogen-bond donors (Lipinski definition) is 0. The van der Waals surface area contributed by atoms with Crippen molar-refractivity contribution in [2.45, 2.75) is 6.18 Å². The van der Waals surface area contributed by atoms with E-state index in [1.54, 1.807) is 12.1 Å². The first-order chi connectivity index (χ1) is 11.2. The molecule has 0 saturated heterocycles. The Bertz CT molecular complexity index is 1050. The summed E-state index contributed by atoms with van der Waals surface area (Å²) < 4.78 is 44.6. The van der Waals surface area contributed by atoms with Gasteiger partial charge in [0.2, 0.25) is 0 Å². The van der Waals surface area contributed by atoms with Crippen LogP contribution in [0.3, 0.4) is 0 Å². The largest absolute Gasteiger partial charge is 0.497 e. The molecule has 24 heavy (non-hydrogen) atoms. The number of halogens is 3. The van der Waals surface area contributed by atoms with Crippen molar-refractivity contribution in [1.29, 1.82) is 0 Å². The zero-order valence-corrected chi connectivity index (χ0v) is 12.5. The molecule has 0 N–H and O–H groups in total. The molecule has 0 aliphatic carbocycles. The molecule has 0 aliphatic rings. The van der Waals surface area contributed by atoms with Gasteiger partial charge in [0.15, 0.2) is 0 Å². The van der Waals surface area contributed by atoms with E-state index >= 15 is 0 Å². The summed E-state index contributed by atoms with van der Waals surface area (Å²) in [5.74, 6) is 0.445. The molecule has 0 unspecified atom stereocenters. The van der Waals surface area contributed by atoms with Crippen LogP contribution >= 0.6 is 0 Å². The third-order valence-corrected chi connectivity index (χ3v) is 3.54. The van der Waals surface area contributed by atoms with Crippen molar-refractivity contribution < 1.29 is 17.9 Å². The summed E-state index contributed by atoms with van der Waals surface area (Å²) in [6, 6.07) is 5.18. The number of ether oxygens (including phenoxy) is 1. The number of rotatable bonds is 2. The normalized spacial score (nSPS) is 11.9. The minimum absolute atomic E-state index is 0.341. The molecule has 0 spiro atoms. The maximum Gasteiger partial charge on any atom is 0.431 e. The van der Waals surface area contributed by atoms with E-state index in [1.807, 2.05) is 0 Å². The van der Waals surface area contributed by atoms with Crippen LogP contribution in [0.4, 0.5) is 13.2 Å². The topological polar surface area (TPSA) is 71.0 Å². The predicted octanol–water partition coefficient (Wildman–Crippen LogP) is 1.24. The second kappa shape index (κ2) is 5.25. The van der Waals surface area contributed by atoms with Gasteiger partial charge in [-0.05, 0) is 12.1 Å². The lowest BCUT2D eigenvalue weighted by molar-refractivity contribution is -0.144. The highest BCUT2D eigenvalue weighted by atomic mass is 19.4. The average Bonchev–Trinajstić information content (AvgIpc) is 2.93. The number of hydrogen-bond acceptors (Lipinski definition) is 4. The van der Waals surface area contributed by atoms with Crippen molar-refractivity contribution in [2.24, 2.45) is 7.05 Å². The highest BCUT2D eigenvalue weighted by Gasteiger charge is 2.35. The molecule has 0 amide bonds. The molecule has 0 atom stereocenters. The molecule has 0 fully saturated rings. The minimum atomic E-state index is -4.82. The Labute approximate surface area is 132 Å². The van der Waals surface area contributed by atoms with Crippen LogP contribution in [-0.4, -0.2) is 26.2 Å². The van der Waals surface area contributed by atoms with Crippen LogP contribution in [0.15, 0.2) is 40.1 Å². The van der Waals surface area contributed by atoms with Crippen molar-refractivity contribution in [2.75, 3.05) is 7.11 Å². The molecular formula is C14H11F3N4O3. The minimum Gasteiger partial charge on any atom is -0.497 e. The number of alkyl halides is 3. The van der Waals surface area contributed by atoms with Gasteiger partial charge < -0.3 is 4.74 Å². The number of methoxy groups -OCH3 is 1. The molecule has 0 radical (unpaired) electrons. The molecule has 1 aromatic carbocycles. The Morgan fingerprint density at radius 3 is 2.50 bits per heavy atom. The number of benzene rings is 1. The third-order valence-electron chi connectivity index (χ3n) is 3.54. The fraction of sp³-hybridized carbons (Fsp3) is 0.214.